The molecule has 0 saturated carbocycles. The zero-order valence-corrected chi connectivity index (χ0v) is 21.8. The summed E-state index contributed by atoms with van der Waals surface area (Å²) >= 11 is 0. The molecule has 1 aromatic carbocycles. The first-order chi connectivity index (χ1) is 12.2. The maximum atomic E-state index is 11.9. The van der Waals surface area contributed by atoms with Gasteiger partial charge in [-0.1, -0.05) is 46.0 Å². The van der Waals surface area contributed by atoms with E-state index in [4.69, 9.17) is 9.15 Å². The molecule has 0 aliphatic carbocycles. The van der Waals surface area contributed by atoms with E-state index in [0.29, 0.717) is 12.1 Å². The largest absolute Gasteiger partial charge is 1.00 e. The molecule has 1 unspecified atom stereocenters. The van der Waals surface area contributed by atoms with Crippen LogP contribution in [0.5, 0.6) is 0 Å². The minimum Gasteiger partial charge on any atom is -0.465 e. The Bertz CT molecular complexity index is 793. The van der Waals surface area contributed by atoms with Crippen LogP contribution in [0.1, 0.15) is 40.2 Å². The first kappa shape index (κ1) is 29.5. The molecule has 1 atom stereocenters. The second kappa shape index (κ2) is 13.5. The SMILES string of the molecule is CC.[CH2-]C(C(=O)OCCNc1ccc2c(C)cc(=O)oc2c1)C(C)(C)C.[CH3-].[K+]. The topological polar surface area (TPSA) is 68.5 Å². The molecule has 0 amide bonds. The number of anilines is 1. The molecule has 1 heterocycles. The van der Waals surface area contributed by atoms with Gasteiger partial charge in [0.2, 0.25) is 0 Å². The van der Waals surface area contributed by atoms with Crippen molar-refractivity contribution in [3.8, 4) is 0 Å². The number of rotatable bonds is 5. The molecule has 2 aromatic rings. The molecule has 0 spiro atoms. The molecule has 0 bridgehead atoms. The Morgan fingerprint density at radius 2 is 1.86 bits per heavy atom. The van der Waals surface area contributed by atoms with Crippen LogP contribution in [0.25, 0.3) is 11.0 Å². The number of aryl methyl sites for hydroxylation is 1. The van der Waals surface area contributed by atoms with E-state index in [9.17, 15) is 9.59 Å². The summed E-state index contributed by atoms with van der Waals surface area (Å²) in [5.74, 6) is -0.708. The number of carbonyl (C=O) groups is 1. The van der Waals surface area contributed by atoms with Crippen molar-refractivity contribution in [2.75, 3.05) is 18.5 Å². The molecule has 5 nitrogen and oxygen atoms in total. The number of carbonyl (C=O) groups excluding carboxylic acids is 1. The fraction of sp³-hybridized carbons (Fsp3) is 0.455. The number of ether oxygens (including phenoxy) is 1. The van der Waals surface area contributed by atoms with Crippen molar-refractivity contribution in [1.82, 2.24) is 0 Å². The number of nitrogens with one attached hydrogen (secondary N) is 1. The van der Waals surface area contributed by atoms with Gasteiger partial charge < -0.3 is 28.8 Å². The van der Waals surface area contributed by atoms with Crippen LogP contribution in [0.15, 0.2) is 33.5 Å². The summed E-state index contributed by atoms with van der Waals surface area (Å²) in [5, 5.41) is 4.05. The van der Waals surface area contributed by atoms with Gasteiger partial charge in [-0.25, -0.2) is 4.79 Å². The smallest absolute Gasteiger partial charge is 0.465 e. The third kappa shape index (κ3) is 8.78. The molecule has 0 fully saturated rings. The maximum Gasteiger partial charge on any atom is 1.00 e. The monoisotopic (exact) mass is 414 g/mol. The second-order valence-corrected chi connectivity index (χ2v) is 6.97. The quantitative estimate of drug-likeness (QED) is 0.267. The minimum absolute atomic E-state index is 0. The van der Waals surface area contributed by atoms with E-state index in [1.807, 2.05) is 53.7 Å². The van der Waals surface area contributed by atoms with Crippen molar-refractivity contribution >= 4 is 22.6 Å². The van der Waals surface area contributed by atoms with E-state index in [0.717, 1.165) is 16.6 Å². The van der Waals surface area contributed by atoms with Crippen molar-refractivity contribution < 1.29 is 65.3 Å². The summed E-state index contributed by atoms with van der Waals surface area (Å²) < 4.78 is 10.4. The van der Waals surface area contributed by atoms with Gasteiger partial charge in [0.05, 0.1) is 0 Å². The van der Waals surface area contributed by atoms with Gasteiger partial charge in [0.25, 0.3) is 5.97 Å². The van der Waals surface area contributed by atoms with Crippen molar-refractivity contribution in [2.45, 2.75) is 41.5 Å². The van der Waals surface area contributed by atoms with Gasteiger partial charge in [0.15, 0.2) is 0 Å². The molecule has 1 N–H and O–H groups in total. The Labute approximate surface area is 212 Å². The van der Waals surface area contributed by atoms with Crippen molar-refractivity contribution in [2.24, 2.45) is 11.3 Å². The van der Waals surface area contributed by atoms with Crippen LogP contribution in [0.3, 0.4) is 0 Å². The average Bonchev–Trinajstić information content (AvgIpc) is 2.58. The van der Waals surface area contributed by atoms with E-state index in [2.05, 4.69) is 12.2 Å². The van der Waals surface area contributed by atoms with E-state index in [1.54, 1.807) is 6.07 Å². The minimum atomic E-state index is -0.407. The summed E-state index contributed by atoms with van der Waals surface area (Å²) in [7, 11) is 0. The second-order valence-electron chi connectivity index (χ2n) is 6.97. The number of hydrogen-bond donors (Lipinski definition) is 1. The third-order valence-electron chi connectivity index (χ3n) is 3.96. The standard InChI is InChI=1S/C19H24NO4.C2H6.CH3.K/c1-12-10-17(21)24-16-11-14(6-7-15(12)16)20-8-9-23-18(22)13(2)19(3,4)5;1-2;;/h6-7,10-11,13,20H,2,8-9H2,1,3-5H3;1-2H3;1H3;/q-1;;-1;+1. The molecule has 0 aliphatic heterocycles. The number of esters is 1. The molecule has 0 aliphatic rings. The van der Waals surface area contributed by atoms with Gasteiger partial charge in [0.1, 0.15) is 12.2 Å². The summed E-state index contributed by atoms with van der Waals surface area (Å²) in [6.45, 7) is 16.3. The fourth-order valence-corrected chi connectivity index (χ4v) is 2.24. The van der Waals surface area contributed by atoms with Crippen LogP contribution in [-0.4, -0.2) is 19.1 Å². The van der Waals surface area contributed by atoms with E-state index >= 15 is 0 Å². The van der Waals surface area contributed by atoms with Crippen LogP contribution in [0.2, 0.25) is 0 Å². The molecule has 28 heavy (non-hydrogen) atoms. The molecule has 2 rings (SSSR count). The molecule has 0 saturated heterocycles. The van der Waals surface area contributed by atoms with Crippen LogP contribution >= 0.6 is 0 Å². The predicted octanol–water partition coefficient (Wildman–Crippen LogP) is 2.03. The van der Waals surface area contributed by atoms with Gasteiger partial charge in [-0.3, -0.25) is 4.79 Å². The van der Waals surface area contributed by atoms with Gasteiger partial charge in [0, 0.05) is 29.8 Å². The predicted molar refractivity (Wildman–Crippen MR) is 113 cm³/mol. The Morgan fingerprint density at radius 3 is 2.43 bits per heavy atom. The van der Waals surface area contributed by atoms with Crippen LogP contribution in [0, 0.1) is 32.6 Å². The van der Waals surface area contributed by atoms with E-state index in [1.165, 1.54) is 6.07 Å². The summed E-state index contributed by atoms with van der Waals surface area (Å²) in [4.78, 5) is 23.3. The fourth-order valence-electron chi connectivity index (χ4n) is 2.24. The van der Waals surface area contributed by atoms with E-state index in [-0.39, 0.29) is 82.4 Å². The molecule has 1 aromatic heterocycles. The Kier molecular flexibility index (Phi) is 14.3. The van der Waals surface area contributed by atoms with Gasteiger partial charge in [-0.2, -0.15) is 0 Å². The molecule has 152 valence electrons. The zero-order valence-electron chi connectivity index (χ0n) is 18.6. The van der Waals surface area contributed by atoms with Gasteiger partial charge in [-0.05, 0) is 24.6 Å². The van der Waals surface area contributed by atoms with Crippen LogP contribution in [0.4, 0.5) is 5.69 Å². The number of fused-ring (bicyclic) bond motifs is 1. The summed E-state index contributed by atoms with van der Waals surface area (Å²) in [6.07, 6.45) is 0. The van der Waals surface area contributed by atoms with Crippen LogP contribution < -0.4 is 62.3 Å². The Hall–Kier alpha value is -0.664. The van der Waals surface area contributed by atoms with E-state index < -0.39 is 5.92 Å². The third-order valence-corrected chi connectivity index (χ3v) is 3.96. The normalized spacial score (nSPS) is 11.2. The van der Waals surface area contributed by atoms with Crippen LogP contribution in [-0.2, 0) is 9.53 Å². The average molecular weight is 415 g/mol. The molecule has 6 heteroatoms. The first-order valence-electron chi connectivity index (χ1n) is 8.96. The summed E-state index contributed by atoms with van der Waals surface area (Å²) in [5.41, 5.74) is 1.63. The summed E-state index contributed by atoms with van der Waals surface area (Å²) in [6, 6.07) is 7.04. The maximum absolute atomic E-state index is 11.9. The number of benzene rings is 1. The van der Waals surface area contributed by atoms with Crippen molar-refractivity contribution in [1.29, 1.82) is 0 Å². The number of hydrogen-bond acceptors (Lipinski definition) is 5. The Morgan fingerprint density at radius 1 is 1.25 bits per heavy atom. The molecule has 0 radical (unpaired) electrons. The zero-order chi connectivity index (χ0) is 19.9. The first-order valence-corrected chi connectivity index (χ1v) is 8.96. The molecular formula is C22H33KNO4-. The van der Waals surface area contributed by atoms with Gasteiger partial charge in [-0.15, -0.1) is 0 Å². The molecular weight excluding hydrogens is 381 g/mol. The van der Waals surface area contributed by atoms with Crippen molar-refractivity contribution in [3.05, 3.63) is 54.6 Å². The van der Waals surface area contributed by atoms with Crippen molar-refractivity contribution in [3.63, 3.8) is 0 Å². The Balaban J connectivity index is 0. The van der Waals surface area contributed by atoms with Gasteiger partial charge >= 0.3 is 57.0 Å².